The highest BCUT2D eigenvalue weighted by atomic mass is 31.2. The molecular formula is C39H57FN5O7P. The second kappa shape index (κ2) is 19.1. The van der Waals surface area contributed by atoms with Crippen LogP contribution in [0.2, 0.25) is 0 Å². The van der Waals surface area contributed by atoms with Gasteiger partial charge < -0.3 is 25.2 Å². The van der Waals surface area contributed by atoms with Crippen molar-refractivity contribution < 1.29 is 37.5 Å². The largest absolute Gasteiger partial charge is 0.472 e. The van der Waals surface area contributed by atoms with Crippen molar-refractivity contribution in [3.63, 3.8) is 0 Å². The second-order valence-electron chi connectivity index (χ2n) is 14.9. The summed E-state index contributed by atoms with van der Waals surface area (Å²) in [5.41, 5.74) is 5.11. The minimum absolute atomic E-state index is 0.00351. The maximum absolute atomic E-state index is 14.1. The van der Waals surface area contributed by atoms with Crippen molar-refractivity contribution in [2.24, 2.45) is 0 Å². The first-order chi connectivity index (χ1) is 25.5. The molecule has 4 N–H and O–H groups in total. The smallest absolute Gasteiger partial charge is 0.384 e. The van der Waals surface area contributed by atoms with Crippen LogP contribution in [0.5, 0.6) is 0 Å². The van der Waals surface area contributed by atoms with Crippen molar-refractivity contribution in [2.75, 3.05) is 12.3 Å². The summed E-state index contributed by atoms with van der Waals surface area (Å²) in [4.78, 5) is 14.7. The summed E-state index contributed by atoms with van der Waals surface area (Å²) in [5, 5.41) is 24.9. The molecule has 0 radical (unpaired) electrons. The third-order valence-corrected chi connectivity index (χ3v) is 11.8. The number of unbranched alkanes of at least 4 members (excludes halogenated alkanes) is 14. The summed E-state index contributed by atoms with van der Waals surface area (Å²) < 4.78 is 52.0. The predicted molar refractivity (Wildman–Crippen MR) is 199 cm³/mol. The van der Waals surface area contributed by atoms with Crippen LogP contribution >= 0.6 is 7.82 Å². The molecule has 3 aromatic rings. The van der Waals surface area contributed by atoms with Gasteiger partial charge in [0.25, 0.3) is 0 Å². The Balaban J connectivity index is 1.06. The Morgan fingerprint density at radius 2 is 1.70 bits per heavy atom. The van der Waals surface area contributed by atoms with E-state index in [4.69, 9.17) is 24.3 Å². The first kappa shape index (κ1) is 41.2. The average molecular weight is 758 g/mol. The van der Waals surface area contributed by atoms with E-state index in [1.54, 1.807) is 29.6 Å². The Hall–Kier alpha value is -2.95. The van der Waals surface area contributed by atoms with Gasteiger partial charge in [0.05, 0.1) is 36.6 Å². The molecule has 2 aromatic heterocycles. The lowest BCUT2D eigenvalue weighted by Crippen LogP contribution is -2.22. The highest BCUT2D eigenvalue weighted by Gasteiger charge is 2.82. The third-order valence-electron chi connectivity index (χ3n) is 10.8. The minimum Gasteiger partial charge on any atom is -0.384 e. The van der Waals surface area contributed by atoms with E-state index in [9.17, 15) is 24.2 Å². The number of benzene rings is 1. The minimum atomic E-state index is -4.66. The van der Waals surface area contributed by atoms with Gasteiger partial charge in [0.1, 0.15) is 41.1 Å². The number of rotatable bonds is 25. The lowest BCUT2D eigenvalue weighted by Gasteiger charge is -2.22. The molecule has 3 heterocycles. The number of phosphoric ester groups is 1. The Kier molecular flexibility index (Phi) is 14.8. The Morgan fingerprint density at radius 1 is 1.06 bits per heavy atom. The van der Waals surface area contributed by atoms with Gasteiger partial charge in [0.15, 0.2) is 5.82 Å². The van der Waals surface area contributed by atoms with Gasteiger partial charge in [-0.15, -0.1) is 0 Å². The monoisotopic (exact) mass is 757 g/mol. The number of nitrogen functional groups attached to an aromatic ring is 1. The SMILES string of the molecule is CCCCCCCCCCCCCCCCCC(COP(=O)(O)OC1[C@]2(O)C[C@H](c3ccc4c(N)ncnn34)O[C@]12C)OCc1cc(F)cc(C#N)c1. The standard InChI is InChI=1S/C39H57FN5O7P/c1-3-4-5-6-7-8-9-10-11-12-13-14-15-16-17-18-32(49-26-30-21-29(25-41)22-31(40)23-30)27-50-53(47,48)52-37-38(2)39(37,46)24-35(51-38)33-19-20-34-36(42)43-28-44-45(33)34/h19-23,28,32,35,37,46H,3-18,24,26-27H2,1-2H3,(H,47,48)(H2,42,43,44)/t32?,35-,37?,38-,39-/m1/s1. The van der Waals surface area contributed by atoms with E-state index in [1.165, 1.54) is 83.0 Å². The molecule has 1 saturated heterocycles. The van der Waals surface area contributed by atoms with Crippen molar-refractivity contribution in [1.82, 2.24) is 14.6 Å². The predicted octanol–water partition coefficient (Wildman–Crippen LogP) is 8.64. The molecule has 292 valence electrons. The van der Waals surface area contributed by atoms with E-state index >= 15 is 0 Å². The number of fused-ring (bicyclic) bond motifs is 2. The van der Waals surface area contributed by atoms with Gasteiger partial charge in [0, 0.05) is 6.42 Å². The van der Waals surface area contributed by atoms with Crippen LogP contribution in [-0.4, -0.2) is 54.6 Å². The van der Waals surface area contributed by atoms with Crippen LogP contribution in [0.3, 0.4) is 0 Å². The maximum Gasteiger partial charge on any atom is 0.472 e. The molecule has 12 nitrogen and oxygen atoms in total. The summed E-state index contributed by atoms with van der Waals surface area (Å²) in [6.45, 7) is 3.62. The van der Waals surface area contributed by atoms with Crippen molar-refractivity contribution in [3.8, 4) is 6.07 Å². The highest BCUT2D eigenvalue weighted by molar-refractivity contribution is 7.47. The number of phosphoric acid groups is 1. The molecule has 3 unspecified atom stereocenters. The molecule has 5 rings (SSSR count). The van der Waals surface area contributed by atoms with E-state index in [-0.39, 0.29) is 25.2 Å². The third kappa shape index (κ3) is 10.8. The zero-order valence-electron chi connectivity index (χ0n) is 31.3. The van der Waals surface area contributed by atoms with E-state index in [2.05, 4.69) is 17.0 Å². The molecule has 0 amide bonds. The van der Waals surface area contributed by atoms with Gasteiger partial charge in [0.2, 0.25) is 0 Å². The van der Waals surface area contributed by atoms with Gasteiger partial charge in [-0.1, -0.05) is 103 Å². The normalized spacial score (nSPS) is 23.8. The number of hydrogen-bond donors (Lipinski definition) is 3. The zero-order valence-corrected chi connectivity index (χ0v) is 32.2. The maximum atomic E-state index is 14.1. The van der Waals surface area contributed by atoms with Crippen molar-refractivity contribution >= 4 is 19.2 Å². The Morgan fingerprint density at radius 3 is 2.30 bits per heavy atom. The summed E-state index contributed by atoms with van der Waals surface area (Å²) in [6.07, 6.45) is 18.3. The molecular weight excluding hydrogens is 700 g/mol. The molecule has 6 atom stereocenters. The molecule has 1 aliphatic carbocycles. The molecule has 2 aliphatic rings. The van der Waals surface area contributed by atoms with Crippen molar-refractivity contribution in [3.05, 3.63) is 59.3 Å². The number of nitrogens with two attached hydrogens (primary N) is 1. The van der Waals surface area contributed by atoms with E-state index in [0.717, 1.165) is 31.7 Å². The van der Waals surface area contributed by atoms with Crippen molar-refractivity contribution in [1.29, 1.82) is 5.26 Å². The lowest BCUT2D eigenvalue weighted by atomic mass is 10.0. The number of nitrogens with zero attached hydrogens (tertiary/aromatic N) is 4. The summed E-state index contributed by atoms with van der Waals surface area (Å²) >= 11 is 0. The molecule has 1 aromatic carbocycles. The molecule has 0 bridgehead atoms. The summed E-state index contributed by atoms with van der Waals surface area (Å²) in [7, 11) is -4.66. The number of hydrogen-bond acceptors (Lipinski definition) is 10. The molecule has 14 heteroatoms. The highest BCUT2D eigenvalue weighted by Crippen LogP contribution is 2.68. The molecule has 2 fully saturated rings. The van der Waals surface area contributed by atoms with Gasteiger partial charge >= 0.3 is 7.82 Å². The first-order valence-electron chi connectivity index (χ1n) is 19.4. The average Bonchev–Trinajstić information content (AvgIpc) is 3.45. The molecule has 1 aliphatic heterocycles. The molecule has 53 heavy (non-hydrogen) atoms. The van der Waals surface area contributed by atoms with E-state index in [0.29, 0.717) is 29.0 Å². The fourth-order valence-corrected chi connectivity index (χ4v) is 8.64. The molecule has 1 saturated carbocycles. The van der Waals surface area contributed by atoms with Crippen LogP contribution in [0.4, 0.5) is 10.2 Å². The first-order valence-corrected chi connectivity index (χ1v) is 20.9. The van der Waals surface area contributed by atoms with Crippen molar-refractivity contribution in [2.45, 2.75) is 159 Å². The van der Waals surface area contributed by atoms with E-state index in [1.807, 2.05) is 6.07 Å². The van der Waals surface area contributed by atoms with E-state index < -0.39 is 43.2 Å². The summed E-state index contributed by atoms with van der Waals surface area (Å²) in [5.74, 6) is -0.233. The fraction of sp³-hybridized carbons (Fsp3) is 0.667. The zero-order chi connectivity index (χ0) is 37.9. The lowest BCUT2D eigenvalue weighted by molar-refractivity contribution is -0.0347. The Bertz CT molecular complexity index is 1700. The number of halogens is 1. The quantitative estimate of drug-likeness (QED) is 0.0557. The van der Waals surface area contributed by atoms with Gasteiger partial charge in [-0.05, 0) is 49.2 Å². The second-order valence-corrected chi connectivity index (χ2v) is 16.3. The Labute approximate surface area is 312 Å². The van der Waals surface area contributed by atoms with Crippen LogP contribution in [0, 0.1) is 17.1 Å². The van der Waals surface area contributed by atoms with Gasteiger partial charge in [-0.25, -0.2) is 18.5 Å². The van der Waals surface area contributed by atoms with Crippen LogP contribution in [0.25, 0.3) is 5.52 Å². The number of anilines is 1. The number of nitriles is 1. The fourth-order valence-electron chi connectivity index (χ4n) is 7.58. The van der Waals surface area contributed by atoms with Crippen LogP contribution in [-0.2, 0) is 29.7 Å². The van der Waals surface area contributed by atoms with Crippen LogP contribution in [0.15, 0.2) is 36.7 Å². The number of aliphatic hydroxyl groups is 1. The molecule has 0 spiro atoms. The number of aromatic nitrogens is 3. The van der Waals surface area contributed by atoms with Gasteiger partial charge in [-0.2, -0.15) is 10.4 Å². The van der Waals surface area contributed by atoms with Crippen LogP contribution in [0.1, 0.15) is 146 Å². The van der Waals surface area contributed by atoms with Crippen LogP contribution < -0.4 is 5.73 Å². The summed E-state index contributed by atoms with van der Waals surface area (Å²) in [6, 6.07) is 9.50. The number of ether oxygens (including phenoxy) is 2. The topological polar surface area (TPSA) is 174 Å². The van der Waals surface area contributed by atoms with Gasteiger partial charge in [-0.3, -0.25) is 9.05 Å².